The zero-order chi connectivity index (χ0) is 26.7. The molecule has 0 N–H and O–H groups in total. The van der Waals surface area contributed by atoms with Crippen molar-refractivity contribution < 1.29 is 13.6 Å². The quantitative estimate of drug-likeness (QED) is 0.284. The van der Waals surface area contributed by atoms with E-state index in [-0.39, 0.29) is 10.8 Å². The van der Waals surface area contributed by atoms with Crippen molar-refractivity contribution in [2.45, 2.75) is 91.9 Å². The van der Waals surface area contributed by atoms with Gasteiger partial charge in [0, 0.05) is 5.56 Å². The molecule has 3 aromatic rings. The van der Waals surface area contributed by atoms with E-state index in [2.05, 4.69) is 112 Å². The second-order valence-corrected chi connectivity index (χ2v) is 13.2. The Morgan fingerprint density at radius 2 is 1.00 bits per heavy atom. The van der Waals surface area contributed by atoms with Crippen LogP contribution < -0.4 is 13.6 Å². The van der Waals surface area contributed by atoms with E-state index >= 15 is 0 Å². The van der Waals surface area contributed by atoms with Crippen LogP contribution in [0.25, 0.3) is 0 Å². The van der Waals surface area contributed by atoms with Crippen LogP contribution in [0.15, 0.2) is 66.7 Å². The highest BCUT2D eigenvalue weighted by Crippen LogP contribution is 2.46. The third-order valence-corrected chi connectivity index (χ3v) is 7.35. The summed E-state index contributed by atoms with van der Waals surface area (Å²) in [6, 6.07) is 22.8. The summed E-state index contributed by atoms with van der Waals surface area (Å²) in [6.07, 6.45) is 0. The van der Waals surface area contributed by atoms with Crippen LogP contribution in [0.5, 0.6) is 17.2 Å². The first-order valence-corrected chi connectivity index (χ1v) is 14.0. The summed E-state index contributed by atoms with van der Waals surface area (Å²) in [5.74, 6) is 3.17. The second-order valence-electron chi connectivity index (χ2n) is 12.2. The number of benzene rings is 3. The van der Waals surface area contributed by atoms with Crippen LogP contribution in [0, 0.1) is 0 Å². The summed E-state index contributed by atoms with van der Waals surface area (Å²) >= 11 is 0. The topological polar surface area (TPSA) is 27.7 Å². The first-order chi connectivity index (χ1) is 16.7. The van der Waals surface area contributed by atoms with Crippen LogP contribution in [0.1, 0.15) is 103 Å². The first kappa shape index (κ1) is 28.1. The zero-order valence-electron chi connectivity index (χ0n) is 23.7. The van der Waals surface area contributed by atoms with E-state index in [9.17, 15) is 0 Å². The third-order valence-electron chi connectivity index (χ3n) is 6.28. The summed E-state index contributed by atoms with van der Waals surface area (Å²) in [5, 5.41) is 0. The van der Waals surface area contributed by atoms with Crippen LogP contribution >= 0.6 is 8.60 Å². The average Bonchev–Trinajstić information content (AvgIpc) is 2.78. The van der Waals surface area contributed by atoms with Crippen molar-refractivity contribution in [2.75, 3.05) is 0 Å². The largest absolute Gasteiger partial charge is 0.530 e. The Kier molecular flexibility index (Phi) is 8.78. The molecule has 3 aromatic carbocycles. The summed E-state index contributed by atoms with van der Waals surface area (Å²) in [5.41, 5.74) is 4.90. The van der Waals surface area contributed by atoms with Gasteiger partial charge in [-0.05, 0) is 69.7 Å². The first-order valence-electron chi connectivity index (χ1n) is 12.9. The van der Waals surface area contributed by atoms with Crippen LogP contribution in [0.2, 0.25) is 0 Å². The highest BCUT2D eigenvalue weighted by molar-refractivity contribution is 7.43. The fourth-order valence-corrected chi connectivity index (χ4v) is 4.82. The molecule has 0 radical (unpaired) electrons. The lowest BCUT2D eigenvalue weighted by molar-refractivity contribution is 0.382. The molecule has 0 aliphatic rings. The smallest absolute Gasteiger partial charge is 0.409 e. The van der Waals surface area contributed by atoms with Crippen LogP contribution in [-0.2, 0) is 10.8 Å². The molecule has 0 atom stereocenters. The molecule has 0 aliphatic heterocycles. The number of hydrogen-bond acceptors (Lipinski definition) is 3. The minimum Gasteiger partial charge on any atom is -0.409 e. The fourth-order valence-electron chi connectivity index (χ4n) is 3.80. The maximum atomic E-state index is 6.52. The van der Waals surface area contributed by atoms with Crippen molar-refractivity contribution in [3.63, 3.8) is 0 Å². The maximum absolute atomic E-state index is 6.52. The molecule has 0 saturated heterocycles. The van der Waals surface area contributed by atoms with E-state index in [1.54, 1.807) is 0 Å². The zero-order valence-corrected chi connectivity index (χ0v) is 24.6. The minimum atomic E-state index is -1.74. The fraction of sp³-hybridized carbons (Fsp3) is 0.438. The molecule has 194 valence electrons. The van der Waals surface area contributed by atoms with Gasteiger partial charge in [0.25, 0.3) is 0 Å². The molecular weight excluding hydrogens is 463 g/mol. The van der Waals surface area contributed by atoms with E-state index in [0.29, 0.717) is 11.8 Å². The van der Waals surface area contributed by atoms with Gasteiger partial charge in [0.1, 0.15) is 17.2 Å². The Morgan fingerprint density at radius 1 is 0.556 bits per heavy atom. The van der Waals surface area contributed by atoms with Gasteiger partial charge in [-0.2, -0.15) is 0 Å². The van der Waals surface area contributed by atoms with E-state index in [1.807, 2.05) is 24.3 Å². The molecule has 0 bridgehead atoms. The molecule has 36 heavy (non-hydrogen) atoms. The van der Waals surface area contributed by atoms with Crippen molar-refractivity contribution in [2.24, 2.45) is 0 Å². The van der Waals surface area contributed by atoms with Gasteiger partial charge in [-0.15, -0.1) is 0 Å². The van der Waals surface area contributed by atoms with Gasteiger partial charge < -0.3 is 13.6 Å². The summed E-state index contributed by atoms with van der Waals surface area (Å²) in [7, 11) is -1.74. The van der Waals surface area contributed by atoms with E-state index in [0.717, 1.165) is 22.8 Å². The average molecular weight is 507 g/mol. The predicted octanol–water partition coefficient (Wildman–Crippen LogP) is 10.3. The summed E-state index contributed by atoms with van der Waals surface area (Å²) in [6.45, 7) is 22.1. The van der Waals surface area contributed by atoms with Gasteiger partial charge in [0.05, 0.1) is 0 Å². The molecule has 0 aromatic heterocycles. The van der Waals surface area contributed by atoms with Crippen molar-refractivity contribution in [3.05, 3.63) is 89.0 Å². The predicted molar refractivity (Wildman–Crippen MR) is 154 cm³/mol. The number of rotatable bonds is 8. The molecule has 0 amide bonds. The van der Waals surface area contributed by atoms with Gasteiger partial charge in [0.2, 0.25) is 0 Å². The van der Waals surface area contributed by atoms with Crippen molar-refractivity contribution >= 4 is 8.60 Å². The number of hydrogen-bond donors (Lipinski definition) is 0. The molecule has 0 fully saturated rings. The van der Waals surface area contributed by atoms with Crippen molar-refractivity contribution in [1.29, 1.82) is 0 Å². The molecule has 4 heteroatoms. The lowest BCUT2D eigenvalue weighted by Crippen LogP contribution is -2.17. The summed E-state index contributed by atoms with van der Waals surface area (Å²) in [4.78, 5) is 0. The van der Waals surface area contributed by atoms with E-state index < -0.39 is 8.60 Å². The lowest BCUT2D eigenvalue weighted by Gasteiger charge is -2.28. The summed E-state index contributed by atoms with van der Waals surface area (Å²) < 4.78 is 19.2. The Morgan fingerprint density at radius 3 is 1.36 bits per heavy atom. The molecule has 0 spiro atoms. The van der Waals surface area contributed by atoms with E-state index in [1.165, 1.54) is 16.7 Å². The highest BCUT2D eigenvalue weighted by atomic mass is 31.2. The van der Waals surface area contributed by atoms with Gasteiger partial charge in [0.15, 0.2) is 0 Å². The maximum Gasteiger partial charge on any atom is 0.530 e. The highest BCUT2D eigenvalue weighted by Gasteiger charge is 2.27. The van der Waals surface area contributed by atoms with Gasteiger partial charge in [-0.25, -0.2) is 0 Å². The van der Waals surface area contributed by atoms with Crippen LogP contribution in [-0.4, -0.2) is 0 Å². The van der Waals surface area contributed by atoms with Gasteiger partial charge in [-0.3, -0.25) is 0 Å². The molecule has 0 heterocycles. The normalized spacial score (nSPS) is 12.4. The van der Waals surface area contributed by atoms with Gasteiger partial charge in [-0.1, -0.05) is 106 Å². The van der Waals surface area contributed by atoms with Crippen molar-refractivity contribution in [3.8, 4) is 17.2 Å². The Bertz CT molecular complexity index is 1060. The monoisotopic (exact) mass is 506 g/mol. The third kappa shape index (κ3) is 7.50. The second kappa shape index (κ2) is 11.3. The molecule has 0 saturated carbocycles. The molecule has 0 unspecified atom stereocenters. The van der Waals surface area contributed by atoms with Crippen LogP contribution in [0.4, 0.5) is 0 Å². The van der Waals surface area contributed by atoms with Crippen LogP contribution in [0.3, 0.4) is 0 Å². The molecule has 0 aliphatic carbocycles. The minimum absolute atomic E-state index is 0.0482. The van der Waals surface area contributed by atoms with Gasteiger partial charge >= 0.3 is 8.60 Å². The molecule has 3 nitrogen and oxygen atoms in total. The molecule has 3 rings (SSSR count). The van der Waals surface area contributed by atoms with E-state index in [4.69, 9.17) is 13.6 Å². The standard InChI is InChI=1S/C32H43O3P/c1-22(2)24-11-16-27(17-12-24)33-36(34-28-18-13-25(14-19-28)23(3)4)35-30-20-15-26(31(5,6)7)21-29(30)32(8,9)10/h11-23H,1-10H3. The van der Waals surface area contributed by atoms with Crippen molar-refractivity contribution in [1.82, 2.24) is 0 Å². The Balaban J connectivity index is 1.95. The lowest BCUT2D eigenvalue weighted by atomic mass is 9.80. The Labute approximate surface area is 220 Å². The Hall–Kier alpha value is -2.51. The SMILES string of the molecule is CC(C)c1ccc(OP(Oc2ccc(C(C)C)cc2)Oc2ccc(C(C)(C)C)cc2C(C)(C)C)cc1. The molecular formula is C32H43O3P.